The van der Waals surface area contributed by atoms with Crippen molar-refractivity contribution in [2.75, 3.05) is 11.4 Å². The van der Waals surface area contributed by atoms with E-state index in [-0.39, 0.29) is 11.2 Å². The Morgan fingerprint density at radius 3 is 2.54 bits per heavy atom. The second-order valence-electron chi connectivity index (χ2n) is 5.54. The summed E-state index contributed by atoms with van der Waals surface area (Å²) in [5.74, 6) is -0.502. The Labute approximate surface area is 152 Å². The number of nitrogens with zero attached hydrogens (tertiary/aromatic N) is 2. The molecule has 0 unspecified atom stereocenters. The topological polar surface area (TPSA) is 43.8 Å². The molecule has 0 saturated carbocycles. The maximum absolute atomic E-state index is 13.5. The fourth-order valence-corrected chi connectivity index (χ4v) is 3.41. The number of hydrogen-bond donors (Lipinski definition) is 1. The van der Waals surface area contributed by atoms with Gasteiger partial charge in [-0.25, -0.2) is 9.18 Å². The highest BCUT2D eigenvalue weighted by atomic mass is 79.9. The summed E-state index contributed by atoms with van der Waals surface area (Å²) in [6, 6.07) is 12.0. The van der Waals surface area contributed by atoms with E-state index in [1.165, 1.54) is 17.0 Å². The van der Waals surface area contributed by atoms with Gasteiger partial charge in [0.2, 0.25) is 0 Å². The first-order chi connectivity index (χ1) is 11.5. The minimum atomic E-state index is -0.965. The molecule has 7 heteroatoms. The fraction of sp³-hybridized carbons (Fsp3) is 0.235. The Morgan fingerprint density at radius 2 is 1.92 bits per heavy atom. The summed E-state index contributed by atoms with van der Waals surface area (Å²) in [7, 11) is 0. The predicted octanol–water partition coefficient (Wildman–Crippen LogP) is 5.48. The van der Waals surface area contributed by atoms with Crippen LogP contribution in [0, 0.1) is 5.82 Å². The molecule has 1 atom stereocenters. The van der Waals surface area contributed by atoms with Crippen LogP contribution in [0.25, 0.3) is 0 Å². The third kappa shape index (κ3) is 3.35. The number of halogens is 3. The molecule has 1 saturated heterocycles. The molecular formula is C17H15BrClFN2O2. The average molecular weight is 414 g/mol. The smallest absolute Gasteiger partial charge is 0.408 e. The molecule has 1 amide bonds. The third-order valence-electron chi connectivity index (χ3n) is 4.05. The average Bonchev–Trinajstić information content (AvgIpc) is 3.02. The maximum atomic E-state index is 13.5. The van der Waals surface area contributed by atoms with E-state index in [9.17, 15) is 14.3 Å². The van der Waals surface area contributed by atoms with Crippen molar-refractivity contribution >= 4 is 45.0 Å². The predicted molar refractivity (Wildman–Crippen MR) is 95.4 cm³/mol. The fourth-order valence-electron chi connectivity index (χ4n) is 2.97. The molecule has 1 aliphatic heterocycles. The van der Waals surface area contributed by atoms with Crippen LogP contribution in [-0.4, -0.2) is 28.8 Å². The van der Waals surface area contributed by atoms with Crippen LogP contribution in [0.2, 0.25) is 5.02 Å². The number of carbonyl (C=O) groups is 1. The van der Waals surface area contributed by atoms with Crippen LogP contribution in [0.5, 0.6) is 0 Å². The van der Waals surface area contributed by atoms with Crippen LogP contribution in [-0.2, 0) is 0 Å². The Bertz CT molecular complexity index is 757. The molecule has 1 heterocycles. The number of benzene rings is 2. The van der Waals surface area contributed by atoms with Gasteiger partial charge in [-0.1, -0.05) is 27.5 Å². The molecule has 0 radical (unpaired) electrons. The normalized spacial score (nSPS) is 17.1. The lowest BCUT2D eigenvalue weighted by Gasteiger charge is -2.35. The Hall–Kier alpha value is -1.79. The van der Waals surface area contributed by atoms with Gasteiger partial charge in [-0.3, -0.25) is 4.90 Å². The molecule has 24 heavy (non-hydrogen) atoms. The Morgan fingerprint density at radius 1 is 1.25 bits per heavy atom. The highest BCUT2D eigenvalue weighted by Crippen LogP contribution is 2.36. The van der Waals surface area contributed by atoms with Gasteiger partial charge in [-0.15, -0.1) is 0 Å². The SMILES string of the molecule is O=C(O)N1CCC[C@H]1N(c1ccc(Br)cc1)c1ccc(F)c(Cl)c1. The van der Waals surface area contributed by atoms with E-state index in [1.807, 2.05) is 29.2 Å². The molecule has 126 valence electrons. The zero-order valence-electron chi connectivity index (χ0n) is 12.6. The van der Waals surface area contributed by atoms with Crippen molar-refractivity contribution in [1.29, 1.82) is 0 Å². The van der Waals surface area contributed by atoms with Gasteiger partial charge in [0.25, 0.3) is 0 Å². The van der Waals surface area contributed by atoms with Gasteiger partial charge in [-0.2, -0.15) is 0 Å². The van der Waals surface area contributed by atoms with E-state index in [1.54, 1.807) is 6.07 Å². The van der Waals surface area contributed by atoms with Crippen molar-refractivity contribution < 1.29 is 14.3 Å². The zero-order valence-corrected chi connectivity index (χ0v) is 15.0. The first kappa shape index (κ1) is 17.0. The van der Waals surface area contributed by atoms with Crippen molar-refractivity contribution in [3.05, 3.63) is 57.8 Å². The Kier molecular flexibility index (Phi) is 4.96. The van der Waals surface area contributed by atoms with Gasteiger partial charge >= 0.3 is 6.09 Å². The van der Waals surface area contributed by atoms with Gasteiger partial charge in [0.05, 0.1) is 5.02 Å². The molecule has 0 bridgehead atoms. The first-order valence-electron chi connectivity index (χ1n) is 7.47. The molecule has 0 spiro atoms. The second-order valence-corrected chi connectivity index (χ2v) is 6.87. The van der Waals surface area contributed by atoms with Crippen molar-refractivity contribution in [3.63, 3.8) is 0 Å². The van der Waals surface area contributed by atoms with Crippen molar-refractivity contribution in [1.82, 2.24) is 4.90 Å². The molecule has 2 aromatic carbocycles. The monoisotopic (exact) mass is 412 g/mol. The molecule has 0 aliphatic carbocycles. The number of amides is 1. The zero-order chi connectivity index (χ0) is 17.3. The van der Waals surface area contributed by atoms with Crippen LogP contribution in [0.3, 0.4) is 0 Å². The number of likely N-dealkylation sites (tertiary alicyclic amines) is 1. The van der Waals surface area contributed by atoms with Crippen LogP contribution >= 0.6 is 27.5 Å². The van der Waals surface area contributed by atoms with E-state index in [0.29, 0.717) is 18.7 Å². The molecule has 3 rings (SSSR count). The highest BCUT2D eigenvalue weighted by molar-refractivity contribution is 9.10. The molecule has 1 fully saturated rings. The lowest BCUT2D eigenvalue weighted by Crippen LogP contribution is -2.44. The summed E-state index contributed by atoms with van der Waals surface area (Å²) < 4.78 is 14.5. The van der Waals surface area contributed by atoms with Gasteiger partial charge in [0.15, 0.2) is 0 Å². The molecule has 1 aliphatic rings. The van der Waals surface area contributed by atoms with Gasteiger partial charge in [0.1, 0.15) is 12.0 Å². The van der Waals surface area contributed by atoms with Crippen molar-refractivity contribution in [3.8, 4) is 0 Å². The summed E-state index contributed by atoms with van der Waals surface area (Å²) in [6.07, 6.45) is 0.147. The quantitative estimate of drug-likeness (QED) is 0.724. The molecular weight excluding hydrogens is 399 g/mol. The minimum absolute atomic E-state index is 0.00878. The number of carboxylic acid groups (broad SMARTS) is 1. The summed E-state index contributed by atoms with van der Waals surface area (Å²) in [5.41, 5.74) is 1.47. The second kappa shape index (κ2) is 6.99. The number of anilines is 2. The van der Waals surface area contributed by atoms with Crippen LogP contribution < -0.4 is 4.90 Å². The molecule has 2 aromatic rings. The molecule has 0 aromatic heterocycles. The largest absolute Gasteiger partial charge is 0.465 e. The van der Waals surface area contributed by atoms with Crippen molar-refractivity contribution in [2.24, 2.45) is 0 Å². The Balaban J connectivity index is 2.08. The van der Waals surface area contributed by atoms with Gasteiger partial charge < -0.3 is 10.0 Å². The van der Waals surface area contributed by atoms with E-state index >= 15 is 0 Å². The maximum Gasteiger partial charge on any atom is 0.408 e. The lowest BCUT2D eigenvalue weighted by molar-refractivity contribution is 0.141. The van der Waals surface area contributed by atoms with Crippen LogP contribution in [0.1, 0.15) is 12.8 Å². The van der Waals surface area contributed by atoms with Crippen LogP contribution in [0.4, 0.5) is 20.6 Å². The standard InChI is InChI=1S/C17H15BrClFN2O2/c18-11-3-5-12(6-4-11)22(13-7-8-15(20)14(19)10-13)16-2-1-9-21(16)17(23)24/h3-8,10,16H,1-2,9H2,(H,23,24)/t16-/m1/s1. The van der Waals surface area contributed by atoms with E-state index < -0.39 is 11.9 Å². The van der Waals surface area contributed by atoms with Crippen molar-refractivity contribution in [2.45, 2.75) is 19.0 Å². The van der Waals surface area contributed by atoms with E-state index in [2.05, 4.69) is 15.9 Å². The third-order valence-corrected chi connectivity index (χ3v) is 4.87. The van der Waals surface area contributed by atoms with Crippen LogP contribution in [0.15, 0.2) is 46.9 Å². The summed E-state index contributed by atoms with van der Waals surface area (Å²) in [4.78, 5) is 14.8. The van der Waals surface area contributed by atoms with E-state index in [0.717, 1.165) is 16.6 Å². The van der Waals surface area contributed by atoms with Gasteiger partial charge in [0, 0.05) is 22.4 Å². The summed E-state index contributed by atoms with van der Waals surface area (Å²) in [5, 5.41) is 9.48. The molecule has 1 N–H and O–H groups in total. The summed E-state index contributed by atoms with van der Waals surface area (Å²) in [6.45, 7) is 0.474. The first-order valence-corrected chi connectivity index (χ1v) is 8.64. The number of hydrogen-bond acceptors (Lipinski definition) is 2. The summed E-state index contributed by atoms with van der Waals surface area (Å²) >= 11 is 9.33. The minimum Gasteiger partial charge on any atom is -0.465 e. The lowest BCUT2D eigenvalue weighted by atomic mass is 10.2. The van der Waals surface area contributed by atoms with Gasteiger partial charge in [-0.05, 0) is 55.3 Å². The van der Waals surface area contributed by atoms with E-state index in [4.69, 9.17) is 11.6 Å². The number of rotatable bonds is 3. The molecule has 4 nitrogen and oxygen atoms in total. The highest BCUT2D eigenvalue weighted by Gasteiger charge is 2.34.